The van der Waals surface area contributed by atoms with E-state index in [0.29, 0.717) is 0 Å². The molecule has 1 aliphatic carbocycles. The van der Waals surface area contributed by atoms with Crippen LogP contribution in [0.15, 0.2) is 42.5 Å². The molecule has 1 aliphatic rings. The molecule has 0 aromatic carbocycles. The van der Waals surface area contributed by atoms with Gasteiger partial charge >= 0.3 is 0 Å². The summed E-state index contributed by atoms with van der Waals surface area (Å²) in [6.45, 7) is 0. The molecule has 0 aliphatic heterocycles. The predicted octanol–water partition coefficient (Wildman–Crippen LogP) is 3.98. The molecular weight excluding hydrogens is 156 g/mol. The van der Waals surface area contributed by atoms with Crippen molar-refractivity contribution < 1.29 is 0 Å². The Bertz CT molecular complexity index is 192. The maximum atomic E-state index is 3.25. The second-order valence-electron chi connectivity index (χ2n) is 3.11. The van der Waals surface area contributed by atoms with Gasteiger partial charge in [-0.2, -0.15) is 0 Å². The maximum absolute atomic E-state index is 3.25. The van der Waals surface area contributed by atoms with Gasteiger partial charge in [0.05, 0.1) is 0 Å². The third kappa shape index (κ3) is 6.15. The Balaban J connectivity index is 2.38. The SMILES string of the molecule is [C]1=C/CCC/C=C\C/C=C/C=C/C/1. The molecule has 69 valence electrons. The lowest BCUT2D eigenvalue weighted by Crippen LogP contribution is -1.69. The lowest BCUT2D eigenvalue weighted by Gasteiger charge is -1.88. The highest BCUT2D eigenvalue weighted by Gasteiger charge is 1.81. The van der Waals surface area contributed by atoms with Gasteiger partial charge in [-0.25, -0.2) is 0 Å². The molecule has 13 heavy (non-hydrogen) atoms. The molecule has 0 spiro atoms. The fourth-order valence-electron chi connectivity index (χ4n) is 1.19. The first-order chi connectivity index (χ1) is 6.50. The monoisotopic (exact) mass is 173 g/mol. The fourth-order valence-corrected chi connectivity index (χ4v) is 1.19. The molecule has 0 N–H and O–H groups in total. The number of allylic oxidation sites excluding steroid dienone is 8. The molecule has 0 bridgehead atoms. The average Bonchev–Trinajstić information content (AvgIpc) is 2.18. The van der Waals surface area contributed by atoms with Gasteiger partial charge in [0.15, 0.2) is 0 Å². The summed E-state index contributed by atoms with van der Waals surface area (Å²) in [7, 11) is 0. The number of rotatable bonds is 0. The summed E-state index contributed by atoms with van der Waals surface area (Å²) in [5.41, 5.74) is 0. The van der Waals surface area contributed by atoms with Crippen LogP contribution in [-0.4, -0.2) is 0 Å². The maximum Gasteiger partial charge on any atom is -0.00948 e. The third-order valence-electron chi connectivity index (χ3n) is 1.92. The lowest BCUT2D eigenvalue weighted by atomic mass is 10.2. The predicted molar refractivity (Wildman–Crippen MR) is 58.3 cm³/mol. The van der Waals surface area contributed by atoms with Crippen LogP contribution in [0.4, 0.5) is 0 Å². The van der Waals surface area contributed by atoms with Crippen LogP contribution in [0, 0.1) is 6.08 Å². The Hall–Kier alpha value is -1.04. The third-order valence-corrected chi connectivity index (χ3v) is 1.92. The Labute approximate surface area is 81.4 Å². The molecule has 0 amide bonds. The van der Waals surface area contributed by atoms with Crippen LogP contribution in [0.3, 0.4) is 0 Å². The quantitative estimate of drug-likeness (QED) is 0.486. The molecule has 0 saturated carbocycles. The van der Waals surface area contributed by atoms with Gasteiger partial charge in [0.2, 0.25) is 0 Å². The largest absolute Gasteiger partial charge is 0.0882 e. The molecular formula is C13H17. The van der Waals surface area contributed by atoms with Gasteiger partial charge in [-0.05, 0) is 38.2 Å². The van der Waals surface area contributed by atoms with Gasteiger partial charge in [0.25, 0.3) is 0 Å². The van der Waals surface area contributed by atoms with Gasteiger partial charge in [0.1, 0.15) is 0 Å². The van der Waals surface area contributed by atoms with Crippen molar-refractivity contribution in [2.24, 2.45) is 0 Å². The van der Waals surface area contributed by atoms with E-state index in [9.17, 15) is 0 Å². The van der Waals surface area contributed by atoms with E-state index >= 15 is 0 Å². The van der Waals surface area contributed by atoms with Gasteiger partial charge in [-0.15, -0.1) is 0 Å². The minimum absolute atomic E-state index is 0.942. The first kappa shape index (κ1) is 10.0. The van der Waals surface area contributed by atoms with E-state index in [-0.39, 0.29) is 0 Å². The smallest absolute Gasteiger partial charge is 0.00948 e. The van der Waals surface area contributed by atoms with Crippen LogP contribution in [-0.2, 0) is 0 Å². The zero-order valence-corrected chi connectivity index (χ0v) is 8.08. The van der Waals surface area contributed by atoms with Crippen molar-refractivity contribution in [3.63, 3.8) is 0 Å². The normalized spacial score (nSPS) is 28.9. The molecule has 1 rings (SSSR count). The minimum Gasteiger partial charge on any atom is -0.0882 e. The van der Waals surface area contributed by atoms with E-state index in [1.54, 1.807) is 0 Å². The summed E-state index contributed by atoms with van der Waals surface area (Å²) < 4.78 is 0. The Morgan fingerprint density at radius 1 is 0.846 bits per heavy atom. The highest BCUT2D eigenvalue weighted by atomic mass is 13.9. The van der Waals surface area contributed by atoms with Crippen molar-refractivity contribution >= 4 is 0 Å². The van der Waals surface area contributed by atoms with E-state index in [1.165, 1.54) is 12.8 Å². The molecule has 0 nitrogen and oxygen atoms in total. The topological polar surface area (TPSA) is 0 Å². The van der Waals surface area contributed by atoms with Crippen molar-refractivity contribution in [3.05, 3.63) is 48.6 Å². The highest BCUT2D eigenvalue weighted by Crippen LogP contribution is 2.00. The van der Waals surface area contributed by atoms with E-state index in [1.807, 2.05) is 0 Å². The summed E-state index contributed by atoms with van der Waals surface area (Å²) in [6.07, 6.45) is 24.0. The summed E-state index contributed by atoms with van der Waals surface area (Å²) >= 11 is 0. The Morgan fingerprint density at radius 3 is 2.77 bits per heavy atom. The second-order valence-corrected chi connectivity index (χ2v) is 3.11. The summed E-state index contributed by atoms with van der Waals surface area (Å²) in [5.74, 6) is 0. The minimum atomic E-state index is 0.942. The molecule has 0 heteroatoms. The molecule has 0 fully saturated rings. The van der Waals surface area contributed by atoms with E-state index in [2.05, 4.69) is 48.6 Å². The molecule has 0 saturated heterocycles. The zero-order valence-electron chi connectivity index (χ0n) is 8.08. The first-order valence-corrected chi connectivity index (χ1v) is 5.02. The van der Waals surface area contributed by atoms with Gasteiger partial charge in [-0.1, -0.05) is 42.5 Å². The fraction of sp³-hybridized carbons (Fsp3) is 0.385. The molecule has 0 aromatic rings. The zero-order chi connectivity index (χ0) is 9.19. The standard InChI is InChI=1S/C13H17/c1-2-4-6-8-10-12-13-11-9-7-5-3-1/h1-4,7,9-10H,5-6,11-13H2/b3-1+,4-2+,9-7-,10-8?. The van der Waals surface area contributed by atoms with Crippen LogP contribution in [0.2, 0.25) is 0 Å². The van der Waals surface area contributed by atoms with Crippen LogP contribution in [0.1, 0.15) is 32.1 Å². The summed E-state index contributed by atoms with van der Waals surface area (Å²) in [5, 5.41) is 0. The van der Waals surface area contributed by atoms with Crippen LogP contribution in [0.5, 0.6) is 0 Å². The van der Waals surface area contributed by atoms with E-state index in [0.717, 1.165) is 19.3 Å². The van der Waals surface area contributed by atoms with Crippen molar-refractivity contribution in [2.75, 3.05) is 0 Å². The summed E-state index contributed by atoms with van der Waals surface area (Å²) in [6, 6.07) is 0. The Morgan fingerprint density at radius 2 is 1.77 bits per heavy atom. The van der Waals surface area contributed by atoms with Crippen molar-refractivity contribution in [2.45, 2.75) is 32.1 Å². The van der Waals surface area contributed by atoms with Crippen molar-refractivity contribution in [3.8, 4) is 0 Å². The number of hydrogen-bond donors (Lipinski definition) is 0. The van der Waals surface area contributed by atoms with Gasteiger partial charge in [-0.3, -0.25) is 0 Å². The van der Waals surface area contributed by atoms with Gasteiger partial charge in [0, 0.05) is 0 Å². The molecule has 0 atom stereocenters. The Kier molecular flexibility index (Phi) is 5.87. The van der Waals surface area contributed by atoms with Crippen LogP contribution < -0.4 is 0 Å². The van der Waals surface area contributed by atoms with Crippen LogP contribution >= 0.6 is 0 Å². The molecule has 0 unspecified atom stereocenters. The van der Waals surface area contributed by atoms with E-state index < -0.39 is 0 Å². The second kappa shape index (κ2) is 7.60. The van der Waals surface area contributed by atoms with Crippen molar-refractivity contribution in [1.29, 1.82) is 0 Å². The molecule has 1 radical (unpaired) electrons. The summed E-state index contributed by atoms with van der Waals surface area (Å²) in [4.78, 5) is 0. The van der Waals surface area contributed by atoms with Gasteiger partial charge < -0.3 is 0 Å². The molecule has 0 heterocycles. The molecule has 0 aromatic heterocycles. The van der Waals surface area contributed by atoms with Crippen molar-refractivity contribution in [1.82, 2.24) is 0 Å². The average molecular weight is 173 g/mol. The first-order valence-electron chi connectivity index (χ1n) is 5.02. The number of hydrogen-bond acceptors (Lipinski definition) is 0. The lowest BCUT2D eigenvalue weighted by molar-refractivity contribution is 0.862. The van der Waals surface area contributed by atoms with Crippen LogP contribution in [0.25, 0.3) is 0 Å². The highest BCUT2D eigenvalue weighted by molar-refractivity contribution is 5.06. The van der Waals surface area contributed by atoms with E-state index in [4.69, 9.17) is 0 Å².